The number of rotatable bonds is 6. The summed E-state index contributed by atoms with van der Waals surface area (Å²) in [5.74, 6) is 0.0145. The molecule has 6 nitrogen and oxygen atoms in total. The fraction of sp³-hybridized carbons (Fsp3) is 0.600. The molecule has 0 aliphatic heterocycles. The molecule has 0 radical (unpaired) electrons. The van der Waals surface area contributed by atoms with Gasteiger partial charge in [-0.25, -0.2) is 0 Å². The Hall–Kier alpha value is -1.40. The lowest BCUT2D eigenvalue weighted by atomic mass is 10.3. The van der Waals surface area contributed by atoms with E-state index in [1.807, 2.05) is 19.0 Å². The Balaban J connectivity index is 2.29. The molecule has 0 aromatic carbocycles. The molecule has 1 aromatic heterocycles. The number of aliphatic hydroxyl groups excluding tert-OH is 1. The molecule has 2 N–H and O–H groups in total. The molecule has 16 heavy (non-hydrogen) atoms. The van der Waals surface area contributed by atoms with E-state index in [-0.39, 0.29) is 18.2 Å². The lowest BCUT2D eigenvalue weighted by Gasteiger charge is -2.08. The SMILES string of the molecule is CN(C)CCCNC(=O)c1cc(CO)on1. The van der Waals surface area contributed by atoms with Gasteiger partial charge in [0.1, 0.15) is 6.61 Å². The van der Waals surface area contributed by atoms with Gasteiger partial charge in [0.25, 0.3) is 5.91 Å². The van der Waals surface area contributed by atoms with Gasteiger partial charge in [0.15, 0.2) is 11.5 Å². The third kappa shape index (κ3) is 4.00. The number of hydrogen-bond acceptors (Lipinski definition) is 5. The van der Waals surface area contributed by atoms with E-state index in [2.05, 4.69) is 10.5 Å². The first-order valence-corrected chi connectivity index (χ1v) is 5.13. The highest BCUT2D eigenvalue weighted by Crippen LogP contribution is 2.02. The van der Waals surface area contributed by atoms with Crippen molar-refractivity contribution in [2.24, 2.45) is 0 Å². The first-order chi connectivity index (χ1) is 7.63. The lowest BCUT2D eigenvalue weighted by Crippen LogP contribution is -2.27. The first kappa shape index (κ1) is 12.7. The number of carbonyl (C=O) groups is 1. The summed E-state index contributed by atoms with van der Waals surface area (Å²) in [7, 11) is 3.96. The van der Waals surface area contributed by atoms with Crippen LogP contribution in [0.1, 0.15) is 22.7 Å². The smallest absolute Gasteiger partial charge is 0.273 e. The minimum absolute atomic E-state index is 0.203. The van der Waals surface area contributed by atoms with E-state index in [0.29, 0.717) is 12.3 Å². The third-order valence-electron chi connectivity index (χ3n) is 2.02. The van der Waals surface area contributed by atoms with Crippen molar-refractivity contribution >= 4 is 5.91 Å². The van der Waals surface area contributed by atoms with Crippen molar-refractivity contribution in [2.75, 3.05) is 27.2 Å². The molecule has 1 rings (SSSR count). The minimum Gasteiger partial charge on any atom is -0.388 e. The Labute approximate surface area is 94.2 Å². The van der Waals surface area contributed by atoms with Crippen LogP contribution in [0.25, 0.3) is 0 Å². The average molecular weight is 227 g/mol. The number of carbonyl (C=O) groups excluding carboxylic acids is 1. The standard InChI is InChI=1S/C10H17N3O3/c1-13(2)5-3-4-11-10(15)9-6-8(7-14)16-12-9/h6,14H,3-5,7H2,1-2H3,(H,11,15). The Morgan fingerprint density at radius 1 is 1.62 bits per heavy atom. The fourth-order valence-electron chi connectivity index (χ4n) is 1.18. The zero-order valence-corrected chi connectivity index (χ0v) is 9.56. The van der Waals surface area contributed by atoms with Crippen LogP contribution in [0.2, 0.25) is 0 Å². The van der Waals surface area contributed by atoms with Gasteiger partial charge in [-0.15, -0.1) is 0 Å². The zero-order valence-electron chi connectivity index (χ0n) is 9.56. The van der Waals surface area contributed by atoms with Crippen molar-refractivity contribution in [3.8, 4) is 0 Å². The van der Waals surface area contributed by atoms with Crippen LogP contribution in [0.4, 0.5) is 0 Å². The molecule has 1 heterocycles. The number of aliphatic hydroxyl groups is 1. The Morgan fingerprint density at radius 3 is 2.94 bits per heavy atom. The second kappa shape index (κ2) is 6.24. The van der Waals surface area contributed by atoms with Gasteiger partial charge in [0.2, 0.25) is 0 Å². The maximum absolute atomic E-state index is 11.5. The maximum Gasteiger partial charge on any atom is 0.273 e. The van der Waals surface area contributed by atoms with E-state index in [1.54, 1.807) is 0 Å². The molecule has 0 atom stereocenters. The van der Waals surface area contributed by atoms with E-state index in [1.165, 1.54) is 6.07 Å². The summed E-state index contributed by atoms with van der Waals surface area (Å²) >= 11 is 0. The number of nitrogens with zero attached hydrogens (tertiary/aromatic N) is 2. The molecule has 0 fully saturated rings. The van der Waals surface area contributed by atoms with Crippen LogP contribution in [-0.2, 0) is 6.61 Å². The molecule has 0 saturated carbocycles. The van der Waals surface area contributed by atoms with Gasteiger partial charge in [-0.1, -0.05) is 5.16 Å². The van der Waals surface area contributed by atoms with Crippen molar-refractivity contribution in [3.05, 3.63) is 17.5 Å². The van der Waals surface area contributed by atoms with E-state index < -0.39 is 0 Å². The van der Waals surface area contributed by atoms with Crippen LogP contribution in [0.5, 0.6) is 0 Å². The quantitative estimate of drug-likeness (QED) is 0.661. The van der Waals surface area contributed by atoms with Crippen LogP contribution in [0.3, 0.4) is 0 Å². The molecule has 0 aliphatic carbocycles. The molecule has 0 aliphatic rings. The second-order valence-electron chi connectivity index (χ2n) is 3.75. The molecule has 1 aromatic rings. The molecule has 90 valence electrons. The second-order valence-corrected chi connectivity index (χ2v) is 3.75. The molecule has 6 heteroatoms. The van der Waals surface area contributed by atoms with Gasteiger partial charge >= 0.3 is 0 Å². The summed E-state index contributed by atoms with van der Waals surface area (Å²) in [6.07, 6.45) is 0.878. The Kier molecular flexibility index (Phi) is 4.94. The largest absolute Gasteiger partial charge is 0.388 e. The first-order valence-electron chi connectivity index (χ1n) is 5.13. The van der Waals surface area contributed by atoms with Crippen molar-refractivity contribution in [1.29, 1.82) is 0 Å². The normalized spacial score (nSPS) is 10.8. The van der Waals surface area contributed by atoms with Crippen LogP contribution < -0.4 is 5.32 Å². The fourth-order valence-corrected chi connectivity index (χ4v) is 1.18. The number of amides is 1. The molecule has 1 amide bonds. The summed E-state index contributed by atoms with van der Waals surface area (Å²) in [6.45, 7) is 1.26. The Morgan fingerprint density at radius 2 is 2.38 bits per heavy atom. The molecular weight excluding hydrogens is 210 g/mol. The summed E-state index contributed by atoms with van der Waals surface area (Å²) in [6, 6.07) is 1.43. The van der Waals surface area contributed by atoms with E-state index in [4.69, 9.17) is 9.63 Å². The predicted octanol–water partition coefficient (Wildman–Crippen LogP) is -0.152. The van der Waals surface area contributed by atoms with Gasteiger partial charge in [-0.3, -0.25) is 4.79 Å². The predicted molar refractivity (Wildman–Crippen MR) is 57.9 cm³/mol. The lowest BCUT2D eigenvalue weighted by molar-refractivity contribution is 0.0943. The van der Waals surface area contributed by atoms with Gasteiger partial charge in [-0.2, -0.15) is 0 Å². The van der Waals surface area contributed by atoms with Gasteiger partial charge in [-0.05, 0) is 27.1 Å². The topological polar surface area (TPSA) is 78.6 Å². The van der Waals surface area contributed by atoms with Crippen molar-refractivity contribution in [2.45, 2.75) is 13.0 Å². The van der Waals surface area contributed by atoms with Gasteiger partial charge in [0.05, 0.1) is 0 Å². The van der Waals surface area contributed by atoms with E-state index in [0.717, 1.165) is 13.0 Å². The molecular formula is C10H17N3O3. The molecule has 0 bridgehead atoms. The summed E-state index contributed by atoms with van der Waals surface area (Å²) in [5, 5.41) is 15.0. The highest BCUT2D eigenvalue weighted by molar-refractivity contribution is 5.92. The maximum atomic E-state index is 11.5. The van der Waals surface area contributed by atoms with Crippen LogP contribution in [0.15, 0.2) is 10.6 Å². The van der Waals surface area contributed by atoms with Crippen molar-refractivity contribution in [1.82, 2.24) is 15.4 Å². The van der Waals surface area contributed by atoms with E-state index in [9.17, 15) is 4.79 Å². The molecule has 0 spiro atoms. The molecule has 0 unspecified atom stereocenters. The van der Waals surface area contributed by atoms with Crippen LogP contribution in [-0.4, -0.2) is 48.3 Å². The van der Waals surface area contributed by atoms with Gasteiger partial charge < -0.3 is 19.8 Å². The van der Waals surface area contributed by atoms with E-state index >= 15 is 0 Å². The summed E-state index contributed by atoms with van der Waals surface area (Å²) in [4.78, 5) is 13.5. The number of hydrogen-bond donors (Lipinski definition) is 2. The summed E-state index contributed by atoms with van der Waals surface area (Å²) in [5.41, 5.74) is 0.203. The Bertz CT molecular complexity index is 336. The van der Waals surface area contributed by atoms with Crippen molar-refractivity contribution < 1.29 is 14.4 Å². The number of aromatic nitrogens is 1. The van der Waals surface area contributed by atoms with Crippen LogP contribution >= 0.6 is 0 Å². The van der Waals surface area contributed by atoms with Crippen LogP contribution in [0, 0.1) is 0 Å². The average Bonchev–Trinajstić information content (AvgIpc) is 2.72. The number of nitrogens with one attached hydrogen (secondary N) is 1. The highest BCUT2D eigenvalue weighted by atomic mass is 16.5. The third-order valence-corrected chi connectivity index (χ3v) is 2.02. The minimum atomic E-state index is -0.276. The van der Waals surface area contributed by atoms with Crippen molar-refractivity contribution in [3.63, 3.8) is 0 Å². The van der Waals surface area contributed by atoms with Gasteiger partial charge in [0, 0.05) is 12.6 Å². The highest BCUT2D eigenvalue weighted by Gasteiger charge is 2.10. The monoisotopic (exact) mass is 227 g/mol. The zero-order chi connectivity index (χ0) is 12.0. The molecule has 0 saturated heterocycles. The summed E-state index contributed by atoms with van der Waals surface area (Å²) < 4.78 is 4.71.